The van der Waals surface area contributed by atoms with Crippen molar-refractivity contribution in [2.75, 3.05) is 7.11 Å². The lowest BCUT2D eigenvalue weighted by Gasteiger charge is -2.08. The van der Waals surface area contributed by atoms with E-state index >= 15 is 0 Å². The number of hydrogen-bond acceptors (Lipinski definition) is 4. The highest BCUT2D eigenvalue weighted by molar-refractivity contribution is 6.36. The first-order chi connectivity index (χ1) is 9.43. The average Bonchev–Trinajstić information content (AvgIpc) is 2.42. The molecule has 0 saturated carbocycles. The Labute approximate surface area is 125 Å². The Morgan fingerprint density at radius 2 is 1.85 bits per heavy atom. The van der Waals surface area contributed by atoms with Gasteiger partial charge in [-0.2, -0.15) is 0 Å². The fraction of sp³-hybridized carbons (Fsp3) is 0.250. The molecule has 0 aromatic heterocycles. The number of methoxy groups -OCH3 is 1. The molecule has 0 fully saturated rings. The highest BCUT2D eigenvalue weighted by Crippen LogP contribution is 2.20. The molecule has 0 heterocycles. The zero-order chi connectivity index (χ0) is 15.1. The Morgan fingerprint density at radius 3 is 2.45 bits per heavy atom. The van der Waals surface area contributed by atoms with Gasteiger partial charge in [0.25, 0.3) is 5.91 Å². The molecular formula is C12H12Cl2N2O4. The number of amides is 2. The Kier molecular flexibility index (Phi) is 6.27. The van der Waals surface area contributed by atoms with Gasteiger partial charge in [-0.3, -0.25) is 25.2 Å². The van der Waals surface area contributed by atoms with E-state index in [0.717, 1.165) is 0 Å². The number of nitrogens with one attached hydrogen (secondary N) is 2. The predicted molar refractivity (Wildman–Crippen MR) is 73.3 cm³/mol. The van der Waals surface area contributed by atoms with Crippen LogP contribution in [0, 0.1) is 0 Å². The third-order valence-corrected chi connectivity index (χ3v) is 2.82. The van der Waals surface area contributed by atoms with Crippen LogP contribution in [0.1, 0.15) is 23.2 Å². The molecule has 20 heavy (non-hydrogen) atoms. The number of halogens is 2. The van der Waals surface area contributed by atoms with Crippen molar-refractivity contribution in [3.05, 3.63) is 33.8 Å². The second-order valence-corrected chi connectivity index (χ2v) is 4.55. The molecule has 1 aromatic rings. The van der Waals surface area contributed by atoms with Gasteiger partial charge in [0, 0.05) is 11.4 Å². The maximum Gasteiger partial charge on any atom is 0.306 e. The van der Waals surface area contributed by atoms with E-state index < -0.39 is 17.8 Å². The summed E-state index contributed by atoms with van der Waals surface area (Å²) < 4.78 is 4.39. The van der Waals surface area contributed by atoms with Crippen LogP contribution in [0.5, 0.6) is 0 Å². The van der Waals surface area contributed by atoms with Crippen molar-refractivity contribution in [1.82, 2.24) is 10.9 Å². The van der Waals surface area contributed by atoms with Gasteiger partial charge in [-0.1, -0.05) is 23.2 Å². The van der Waals surface area contributed by atoms with Crippen molar-refractivity contribution in [2.45, 2.75) is 12.8 Å². The molecule has 0 bridgehead atoms. The third-order valence-electron chi connectivity index (χ3n) is 2.28. The number of rotatable bonds is 4. The summed E-state index contributed by atoms with van der Waals surface area (Å²) >= 11 is 11.5. The van der Waals surface area contributed by atoms with E-state index in [1.807, 2.05) is 0 Å². The van der Waals surface area contributed by atoms with Crippen LogP contribution >= 0.6 is 23.2 Å². The van der Waals surface area contributed by atoms with Gasteiger partial charge < -0.3 is 4.74 Å². The number of ether oxygens (including phenoxy) is 1. The average molecular weight is 319 g/mol. The molecule has 1 aromatic carbocycles. The van der Waals surface area contributed by atoms with Gasteiger partial charge in [0.2, 0.25) is 5.91 Å². The van der Waals surface area contributed by atoms with Crippen LogP contribution < -0.4 is 10.9 Å². The normalized spacial score (nSPS) is 9.75. The van der Waals surface area contributed by atoms with Crippen molar-refractivity contribution >= 4 is 41.0 Å². The summed E-state index contributed by atoms with van der Waals surface area (Å²) in [5, 5.41) is 0.562. The van der Waals surface area contributed by atoms with Gasteiger partial charge >= 0.3 is 5.97 Å². The lowest BCUT2D eigenvalue weighted by Crippen LogP contribution is -2.41. The Hall–Kier alpha value is -1.79. The first-order valence-electron chi connectivity index (χ1n) is 5.55. The number of carbonyl (C=O) groups excluding carboxylic acids is 3. The minimum atomic E-state index is -0.585. The molecule has 0 saturated heterocycles. The first-order valence-corrected chi connectivity index (χ1v) is 6.30. The van der Waals surface area contributed by atoms with E-state index in [4.69, 9.17) is 23.2 Å². The van der Waals surface area contributed by atoms with Crippen molar-refractivity contribution < 1.29 is 19.1 Å². The topological polar surface area (TPSA) is 84.5 Å². The van der Waals surface area contributed by atoms with E-state index in [2.05, 4.69) is 15.6 Å². The fourth-order valence-electron chi connectivity index (χ4n) is 1.25. The maximum atomic E-state index is 11.7. The molecule has 0 spiro atoms. The first kappa shape index (κ1) is 16.3. The van der Waals surface area contributed by atoms with Crippen LogP contribution in [0.3, 0.4) is 0 Å². The molecule has 0 aliphatic rings. The van der Waals surface area contributed by atoms with E-state index in [1.165, 1.54) is 25.3 Å². The highest BCUT2D eigenvalue weighted by Gasteiger charge is 2.12. The van der Waals surface area contributed by atoms with Crippen LogP contribution in [0.15, 0.2) is 18.2 Å². The molecule has 0 aliphatic carbocycles. The summed E-state index contributed by atoms with van der Waals surface area (Å²) in [6.07, 6.45) is -0.165. The Bertz CT molecular complexity index is 534. The Morgan fingerprint density at radius 1 is 1.15 bits per heavy atom. The molecule has 0 radical (unpaired) electrons. The van der Waals surface area contributed by atoms with Crippen molar-refractivity contribution in [2.24, 2.45) is 0 Å². The van der Waals surface area contributed by atoms with Crippen LogP contribution in [0.2, 0.25) is 10.0 Å². The van der Waals surface area contributed by atoms with Gasteiger partial charge in [0.1, 0.15) is 0 Å². The van der Waals surface area contributed by atoms with Crippen LogP contribution in [-0.4, -0.2) is 24.9 Å². The number of esters is 1. The molecule has 1 rings (SSSR count). The summed E-state index contributed by atoms with van der Waals surface area (Å²) in [6.45, 7) is 0. The molecule has 8 heteroatoms. The molecule has 2 amide bonds. The summed E-state index contributed by atoms with van der Waals surface area (Å²) in [6, 6.07) is 4.35. The van der Waals surface area contributed by atoms with E-state index in [0.29, 0.717) is 5.02 Å². The SMILES string of the molecule is COC(=O)CCC(=O)NNC(=O)c1ccc(Cl)cc1Cl. The lowest BCUT2D eigenvalue weighted by atomic mass is 10.2. The monoisotopic (exact) mass is 318 g/mol. The fourth-order valence-corrected chi connectivity index (χ4v) is 1.74. The minimum absolute atomic E-state index is 0.0695. The van der Waals surface area contributed by atoms with Crippen LogP contribution in [-0.2, 0) is 14.3 Å². The van der Waals surface area contributed by atoms with E-state index in [9.17, 15) is 14.4 Å². The summed E-state index contributed by atoms with van der Waals surface area (Å²) in [4.78, 5) is 33.9. The van der Waals surface area contributed by atoms with E-state index in [-0.39, 0.29) is 23.4 Å². The zero-order valence-electron chi connectivity index (χ0n) is 10.5. The largest absolute Gasteiger partial charge is 0.469 e. The molecule has 6 nitrogen and oxygen atoms in total. The molecular weight excluding hydrogens is 307 g/mol. The minimum Gasteiger partial charge on any atom is -0.469 e. The quantitative estimate of drug-likeness (QED) is 0.653. The smallest absolute Gasteiger partial charge is 0.306 e. The number of hydrazine groups is 1. The predicted octanol–water partition coefficient (Wildman–Crippen LogP) is 1.71. The maximum absolute atomic E-state index is 11.7. The van der Waals surface area contributed by atoms with Crippen molar-refractivity contribution in [3.63, 3.8) is 0 Å². The second-order valence-electron chi connectivity index (χ2n) is 3.70. The molecule has 2 N–H and O–H groups in total. The standard InChI is InChI=1S/C12H12Cl2N2O4/c1-20-11(18)5-4-10(17)15-16-12(19)8-3-2-7(13)6-9(8)14/h2-3,6H,4-5H2,1H3,(H,15,17)(H,16,19). The second kappa shape index (κ2) is 7.72. The van der Waals surface area contributed by atoms with E-state index in [1.54, 1.807) is 0 Å². The van der Waals surface area contributed by atoms with Crippen molar-refractivity contribution in [3.8, 4) is 0 Å². The summed E-state index contributed by atoms with van der Waals surface area (Å²) in [5.74, 6) is -1.61. The third kappa shape index (κ3) is 5.07. The summed E-state index contributed by atoms with van der Waals surface area (Å²) in [5.41, 5.74) is 4.52. The highest BCUT2D eigenvalue weighted by atomic mass is 35.5. The molecule has 0 aliphatic heterocycles. The lowest BCUT2D eigenvalue weighted by molar-refractivity contribution is -0.142. The van der Waals surface area contributed by atoms with Gasteiger partial charge in [0.05, 0.1) is 24.1 Å². The number of benzene rings is 1. The number of carbonyl (C=O) groups is 3. The molecule has 0 atom stereocenters. The van der Waals surface area contributed by atoms with Gasteiger partial charge in [-0.25, -0.2) is 0 Å². The van der Waals surface area contributed by atoms with Gasteiger partial charge in [-0.15, -0.1) is 0 Å². The Balaban J connectivity index is 2.47. The molecule has 108 valence electrons. The molecule has 0 unspecified atom stereocenters. The van der Waals surface area contributed by atoms with Crippen molar-refractivity contribution in [1.29, 1.82) is 0 Å². The van der Waals surface area contributed by atoms with Crippen LogP contribution in [0.4, 0.5) is 0 Å². The van der Waals surface area contributed by atoms with Crippen LogP contribution in [0.25, 0.3) is 0 Å². The van der Waals surface area contributed by atoms with Gasteiger partial charge in [-0.05, 0) is 18.2 Å². The van der Waals surface area contributed by atoms with Gasteiger partial charge in [0.15, 0.2) is 0 Å². The number of hydrogen-bond donors (Lipinski definition) is 2. The zero-order valence-corrected chi connectivity index (χ0v) is 12.0. The summed E-state index contributed by atoms with van der Waals surface area (Å²) in [7, 11) is 1.23.